The molecule has 0 aliphatic heterocycles. The number of hydrogen-bond donors (Lipinski definition) is 0. The Morgan fingerprint density at radius 2 is 1.92 bits per heavy atom. The average molecular weight is 166 g/mol. The molecule has 0 aliphatic rings. The summed E-state index contributed by atoms with van der Waals surface area (Å²) in [6.45, 7) is 1.76. The van der Waals surface area contributed by atoms with Crippen LogP contribution in [-0.4, -0.2) is 7.85 Å². The lowest BCUT2D eigenvalue weighted by Gasteiger charge is -2.00. The second-order valence-corrected chi connectivity index (χ2v) is 2.60. The van der Waals surface area contributed by atoms with E-state index in [0.29, 0.717) is 11.0 Å². The predicted molar refractivity (Wildman–Crippen MR) is 49.2 cm³/mol. The van der Waals surface area contributed by atoms with E-state index in [1.165, 1.54) is 13.9 Å². The summed E-state index contributed by atoms with van der Waals surface area (Å²) in [7, 11) is 1.54. The van der Waals surface area contributed by atoms with Gasteiger partial charge in [-0.2, -0.15) is 0 Å². The van der Waals surface area contributed by atoms with Gasteiger partial charge in [0.15, 0.2) is 11.6 Å². The Hall–Kier alpha value is -1.12. The SMILES string of the molecule is Bc1ccc(/C=C/C)c(F)c1F. The summed E-state index contributed by atoms with van der Waals surface area (Å²) in [6, 6.07) is 3.13. The molecule has 0 spiro atoms. The molecule has 0 unspecified atom stereocenters. The highest BCUT2D eigenvalue weighted by Crippen LogP contribution is 2.10. The van der Waals surface area contributed by atoms with Gasteiger partial charge in [0.2, 0.25) is 0 Å². The van der Waals surface area contributed by atoms with Gasteiger partial charge in [0.05, 0.1) is 0 Å². The summed E-state index contributed by atoms with van der Waals surface area (Å²) < 4.78 is 25.9. The molecule has 3 heteroatoms. The number of hydrogen-bond acceptors (Lipinski definition) is 0. The van der Waals surface area contributed by atoms with Crippen molar-refractivity contribution in [2.45, 2.75) is 6.92 Å². The minimum atomic E-state index is -0.770. The summed E-state index contributed by atoms with van der Waals surface area (Å²) >= 11 is 0. The van der Waals surface area contributed by atoms with Crippen LogP contribution in [0.25, 0.3) is 6.08 Å². The molecule has 62 valence electrons. The molecular formula is C9H9BF2. The summed E-state index contributed by atoms with van der Waals surface area (Å²) in [4.78, 5) is 0. The van der Waals surface area contributed by atoms with E-state index in [0.717, 1.165) is 0 Å². The Kier molecular flexibility index (Phi) is 2.63. The smallest absolute Gasteiger partial charge is 0.165 e. The van der Waals surface area contributed by atoms with Crippen LogP contribution in [0.5, 0.6) is 0 Å². The average Bonchev–Trinajstić information content (AvgIpc) is 2.07. The van der Waals surface area contributed by atoms with E-state index >= 15 is 0 Å². The Bertz CT molecular complexity index is 319. The highest BCUT2D eigenvalue weighted by Gasteiger charge is 2.07. The molecule has 0 fully saturated rings. The normalized spacial score (nSPS) is 10.9. The summed E-state index contributed by atoms with van der Waals surface area (Å²) in [6.07, 6.45) is 3.21. The van der Waals surface area contributed by atoms with Crippen LogP contribution in [0.1, 0.15) is 12.5 Å². The molecule has 0 saturated carbocycles. The van der Waals surface area contributed by atoms with Crippen molar-refractivity contribution in [1.29, 1.82) is 0 Å². The fraction of sp³-hybridized carbons (Fsp3) is 0.111. The van der Waals surface area contributed by atoms with Gasteiger partial charge in [-0.3, -0.25) is 0 Å². The van der Waals surface area contributed by atoms with Crippen LogP contribution in [-0.2, 0) is 0 Å². The molecule has 0 bridgehead atoms. The van der Waals surface area contributed by atoms with Crippen LogP contribution < -0.4 is 5.46 Å². The van der Waals surface area contributed by atoms with E-state index in [1.54, 1.807) is 25.1 Å². The molecule has 0 heterocycles. The molecule has 0 aromatic heterocycles. The van der Waals surface area contributed by atoms with E-state index < -0.39 is 11.6 Å². The molecule has 0 N–H and O–H groups in total. The zero-order valence-electron chi connectivity index (χ0n) is 7.07. The molecule has 0 nitrogen and oxygen atoms in total. The molecule has 0 radical (unpaired) electrons. The maximum atomic E-state index is 13.0. The fourth-order valence-corrected chi connectivity index (χ4v) is 0.969. The highest BCUT2D eigenvalue weighted by molar-refractivity contribution is 6.32. The van der Waals surface area contributed by atoms with Crippen LogP contribution in [0.3, 0.4) is 0 Å². The van der Waals surface area contributed by atoms with Gasteiger partial charge in [-0.15, -0.1) is 0 Å². The van der Waals surface area contributed by atoms with Crippen molar-refractivity contribution in [3.05, 3.63) is 35.4 Å². The van der Waals surface area contributed by atoms with Gasteiger partial charge in [-0.25, -0.2) is 8.78 Å². The largest absolute Gasteiger partial charge is 0.204 e. The number of rotatable bonds is 1. The van der Waals surface area contributed by atoms with Crippen molar-refractivity contribution < 1.29 is 8.78 Å². The molecule has 0 atom stereocenters. The lowest BCUT2D eigenvalue weighted by Crippen LogP contribution is -2.11. The van der Waals surface area contributed by atoms with Crippen LogP contribution in [0, 0.1) is 11.6 Å². The fourth-order valence-electron chi connectivity index (χ4n) is 0.969. The third kappa shape index (κ3) is 1.55. The van der Waals surface area contributed by atoms with Crippen LogP contribution in [0.2, 0.25) is 0 Å². The first-order valence-electron chi connectivity index (χ1n) is 3.74. The minimum absolute atomic E-state index is 0.292. The number of halogens is 2. The maximum absolute atomic E-state index is 13.0. The van der Waals surface area contributed by atoms with Crippen LogP contribution in [0.4, 0.5) is 8.78 Å². The zero-order chi connectivity index (χ0) is 9.14. The van der Waals surface area contributed by atoms with Crippen molar-refractivity contribution in [3.8, 4) is 0 Å². The second kappa shape index (κ2) is 3.52. The molecule has 12 heavy (non-hydrogen) atoms. The zero-order valence-corrected chi connectivity index (χ0v) is 7.07. The maximum Gasteiger partial charge on any atom is 0.165 e. The van der Waals surface area contributed by atoms with Gasteiger partial charge in [-0.1, -0.05) is 29.7 Å². The van der Waals surface area contributed by atoms with E-state index in [-0.39, 0.29) is 0 Å². The van der Waals surface area contributed by atoms with E-state index in [2.05, 4.69) is 0 Å². The van der Waals surface area contributed by atoms with Crippen molar-refractivity contribution in [2.24, 2.45) is 0 Å². The Morgan fingerprint density at radius 1 is 1.25 bits per heavy atom. The lowest BCUT2D eigenvalue weighted by atomic mass is 9.94. The van der Waals surface area contributed by atoms with Crippen molar-refractivity contribution in [1.82, 2.24) is 0 Å². The van der Waals surface area contributed by atoms with Gasteiger partial charge in [-0.05, 0) is 6.92 Å². The Labute approximate surface area is 71.3 Å². The molecule has 0 aliphatic carbocycles. The molecule has 1 aromatic rings. The third-order valence-electron chi connectivity index (χ3n) is 1.65. The van der Waals surface area contributed by atoms with Gasteiger partial charge in [0.1, 0.15) is 7.85 Å². The topological polar surface area (TPSA) is 0 Å². The summed E-state index contributed by atoms with van der Waals surface area (Å²) in [5, 5.41) is 0. The molecule has 1 aromatic carbocycles. The first kappa shape index (κ1) is 8.98. The molecule has 1 rings (SSSR count). The quantitative estimate of drug-likeness (QED) is 0.551. The molecular weight excluding hydrogens is 157 g/mol. The monoisotopic (exact) mass is 166 g/mol. The highest BCUT2D eigenvalue weighted by atomic mass is 19.2. The lowest BCUT2D eigenvalue weighted by molar-refractivity contribution is 0.512. The van der Waals surface area contributed by atoms with Crippen molar-refractivity contribution in [3.63, 3.8) is 0 Å². The molecule has 0 amide bonds. The van der Waals surface area contributed by atoms with Gasteiger partial charge in [0.25, 0.3) is 0 Å². The van der Waals surface area contributed by atoms with Gasteiger partial charge < -0.3 is 0 Å². The Balaban J connectivity index is 3.26. The summed E-state index contributed by atoms with van der Waals surface area (Å²) in [5.41, 5.74) is 0.626. The summed E-state index contributed by atoms with van der Waals surface area (Å²) in [5.74, 6) is -1.53. The van der Waals surface area contributed by atoms with Crippen molar-refractivity contribution in [2.75, 3.05) is 0 Å². The van der Waals surface area contributed by atoms with E-state index in [4.69, 9.17) is 0 Å². The first-order valence-corrected chi connectivity index (χ1v) is 3.74. The van der Waals surface area contributed by atoms with Crippen LogP contribution in [0.15, 0.2) is 18.2 Å². The van der Waals surface area contributed by atoms with Crippen LogP contribution >= 0.6 is 0 Å². The van der Waals surface area contributed by atoms with Gasteiger partial charge in [0, 0.05) is 5.56 Å². The Morgan fingerprint density at radius 3 is 2.50 bits per heavy atom. The second-order valence-electron chi connectivity index (χ2n) is 2.60. The third-order valence-corrected chi connectivity index (χ3v) is 1.65. The van der Waals surface area contributed by atoms with E-state index in [1.807, 2.05) is 0 Å². The van der Waals surface area contributed by atoms with E-state index in [9.17, 15) is 8.78 Å². The predicted octanol–water partition coefficient (Wildman–Crippen LogP) is 1.26. The first-order chi connectivity index (χ1) is 5.66. The number of allylic oxidation sites excluding steroid dienone is 1. The van der Waals surface area contributed by atoms with Gasteiger partial charge >= 0.3 is 0 Å². The standard InChI is InChI=1S/C9H9BF2/c1-2-3-6-4-5-7(10)9(12)8(6)11/h2-5H,10H2,1H3/b3-2+. The van der Waals surface area contributed by atoms with Crippen molar-refractivity contribution >= 4 is 19.4 Å². The number of benzene rings is 1. The molecule has 0 saturated heterocycles. The minimum Gasteiger partial charge on any atom is -0.204 e.